The average molecular weight is 330 g/mol. The molecule has 0 spiro atoms. The quantitative estimate of drug-likeness (QED) is 0.863. The van der Waals surface area contributed by atoms with Gasteiger partial charge in [0.15, 0.2) is 5.78 Å². The fourth-order valence-corrected chi connectivity index (χ4v) is 3.61. The lowest BCUT2D eigenvalue weighted by molar-refractivity contribution is -0.148. The van der Waals surface area contributed by atoms with Crippen molar-refractivity contribution in [2.75, 3.05) is 13.1 Å². The molecule has 1 N–H and O–H groups in total. The first-order valence-electron chi connectivity index (χ1n) is 8.78. The van der Waals surface area contributed by atoms with Gasteiger partial charge in [0.2, 0.25) is 0 Å². The minimum Gasteiger partial charge on any atom is -0.364 e. The van der Waals surface area contributed by atoms with E-state index in [9.17, 15) is 9.59 Å². The van der Waals surface area contributed by atoms with Crippen LogP contribution in [0.5, 0.6) is 0 Å². The van der Waals surface area contributed by atoms with Gasteiger partial charge in [-0.05, 0) is 24.3 Å². The molecule has 0 radical (unpaired) electrons. The number of ketones is 1. The Morgan fingerprint density at radius 3 is 2.79 bits per heavy atom. The van der Waals surface area contributed by atoms with Gasteiger partial charge in [-0.15, -0.1) is 0 Å². The molecule has 3 atom stereocenters. The number of benzene rings is 1. The maximum absolute atomic E-state index is 13.0. The molecule has 2 aliphatic rings. The van der Waals surface area contributed by atoms with Gasteiger partial charge in [-0.2, -0.15) is 0 Å². The summed E-state index contributed by atoms with van der Waals surface area (Å²) in [4.78, 5) is 26.9. The van der Waals surface area contributed by atoms with Crippen LogP contribution in [0.15, 0.2) is 30.3 Å². The summed E-state index contributed by atoms with van der Waals surface area (Å²) in [7, 11) is 0. The second kappa shape index (κ2) is 7.45. The molecule has 0 aliphatic carbocycles. The lowest BCUT2D eigenvalue weighted by atomic mass is 10.0. The normalized spacial score (nSPS) is 24.5. The van der Waals surface area contributed by atoms with Crippen LogP contribution in [0.1, 0.15) is 32.3 Å². The number of nitrogens with one attached hydrogen (secondary N) is 1. The topological polar surface area (TPSA) is 58.6 Å². The Morgan fingerprint density at radius 1 is 1.33 bits per heavy atom. The first-order valence-corrected chi connectivity index (χ1v) is 8.78. The van der Waals surface area contributed by atoms with Crippen LogP contribution in [0.25, 0.3) is 0 Å². The largest absolute Gasteiger partial charge is 0.364 e. The van der Waals surface area contributed by atoms with Crippen LogP contribution in [-0.4, -0.2) is 47.9 Å². The molecule has 0 aromatic heterocycles. The number of amides is 1. The minimum absolute atomic E-state index is 0.0378. The molecule has 2 fully saturated rings. The molecule has 5 nitrogen and oxygen atoms in total. The smallest absolute Gasteiger partial charge is 0.252 e. The fraction of sp³-hybridized carbons (Fsp3) is 0.579. The number of likely N-dealkylation sites (tertiary alicyclic amines) is 1. The van der Waals surface area contributed by atoms with E-state index in [-0.39, 0.29) is 23.8 Å². The standard InChI is InChI=1S/C19H26N2O3/c1-13(2)10-17(24-12-14-6-4-3-5-7-14)19(23)21-9-8-15-18(21)16(22)11-20-15/h3-7,13,15,17-18,20H,8-12H2,1-2H3/t15-,17?,18+/m1/s1. The van der Waals surface area contributed by atoms with Gasteiger partial charge in [0.1, 0.15) is 12.1 Å². The lowest BCUT2D eigenvalue weighted by Gasteiger charge is -2.28. The number of hydrogen-bond acceptors (Lipinski definition) is 4. The maximum atomic E-state index is 13.0. The Labute approximate surface area is 143 Å². The highest BCUT2D eigenvalue weighted by atomic mass is 16.5. The SMILES string of the molecule is CC(C)CC(OCc1ccccc1)C(=O)N1CC[C@H]2NCC(=O)[C@H]21. The number of nitrogens with zero attached hydrogens (tertiary/aromatic N) is 1. The van der Waals surface area contributed by atoms with Gasteiger partial charge in [-0.1, -0.05) is 44.2 Å². The molecule has 0 saturated carbocycles. The lowest BCUT2D eigenvalue weighted by Crippen LogP contribution is -2.47. The highest BCUT2D eigenvalue weighted by molar-refractivity contribution is 5.94. The van der Waals surface area contributed by atoms with E-state index in [2.05, 4.69) is 19.2 Å². The molecule has 3 rings (SSSR count). The summed E-state index contributed by atoms with van der Waals surface area (Å²) >= 11 is 0. The van der Waals surface area contributed by atoms with E-state index in [1.807, 2.05) is 30.3 Å². The van der Waals surface area contributed by atoms with Crippen LogP contribution < -0.4 is 5.32 Å². The second-order valence-electron chi connectivity index (χ2n) is 7.13. The molecule has 130 valence electrons. The van der Waals surface area contributed by atoms with Crippen molar-refractivity contribution in [1.82, 2.24) is 10.2 Å². The van der Waals surface area contributed by atoms with Crippen LogP contribution in [0.2, 0.25) is 0 Å². The number of ether oxygens (including phenoxy) is 1. The third kappa shape index (κ3) is 3.68. The Bertz CT molecular complexity index is 588. The van der Waals surface area contributed by atoms with E-state index in [4.69, 9.17) is 4.74 Å². The molecular weight excluding hydrogens is 304 g/mol. The molecule has 1 aromatic rings. The number of Topliss-reactive ketones (excluding diaryl/α,β-unsaturated/α-hetero) is 1. The Hall–Kier alpha value is -1.72. The molecule has 2 aliphatic heterocycles. The predicted octanol–water partition coefficient (Wildman–Crippen LogP) is 1.76. The van der Waals surface area contributed by atoms with Crippen LogP contribution >= 0.6 is 0 Å². The van der Waals surface area contributed by atoms with Gasteiger partial charge in [-0.3, -0.25) is 9.59 Å². The molecule has 24 heavy (non-hydrogen) atoms. The van der Waals surface area contributed by atoms with E-state index in [0.717, 1.165) is 12.0 Å². The number of carbonyl (C=O) groups is 2. The van der Waals surface area contributed by atoms with Crippen molar-refractivity contribution in [2.24, 2.45) is 5.92 Å². The van der Waals surface area contributed by atoms with Crippen LogP contribution in [0.4, 0.5) is 0 Å². The molecular formula is C19H26N2O3. The van der Waals surface area contributed by atoms with Crippen molar-refractivity contribution < 1.29 is 14.3 Å². The van der Waals surface area contributed by atoms with Gasteiger partial charge in [0.05, 0.1) is 13.2 Å². The summed E-state index contributed by atoms with van der Waals surface area (Å²) in [5.74, 6) is 0.437. The molecule has 1 aromatic carbocycles. The molecule has 2 heterocycles. The van der Waals surface area contributed by atoms with Gasteiger partial charge < -0.3 is 15.0 Å². The third-order valence-electron chi connectivity index (χ3n) is 4.80. The number of rotatable bonds is 6. The van der Waals surface area contributed by atoms with Crippen LogP contribution in [0.3, 0.4) is 0 Å². The summed E-state index contributed by atoms with van der Waals surface area (Å²) in [6.07, 6.45) is 1.02. The van der Waals surface area contributed by atoms with E-state index in [1.165, 1.54) is 0 Å². The number of hydrogen-bond donors (Lipinski definition) is 1. The van der Waals surface area contributed by atoms with Crippen molar-refractivity contribution in [1.29, 1.82) is 0 Å². The van der Waals surface area contributed by atoms with Crippen molar-refractivity contribution in [3.8, 4) is 0 Å². The van der Waals surface area contributed by atoms with E-state index in [0.29, 0.717) is 32.0 Å². The number of fused-ring (bicyclic) bond motifs is 1. The van der Waals surface area contributed by atoms with Gasteiger partial charge in [-0.25, -0.2) is 0 Å². The Kier molecular flexibility index (Phi) is 5.31. The Balaban J connectivity index is 1.68. The summed E-state index contributed by atoms with van der Waals surface area (Å²) in [5, 5.41) is 3.21. The molecule has 5 heteroatoms. The van der Waals surface area contributed by atoms with Crippen molar-refractivity contribution >= 4 is 11.7 Å². The van der Waals surface area contributed by atoms with Gasteiger partial charge >= 0.3 is 0 Å². The maximum Gasteiger partial charge on any atom is 0.252 e. The summed E-state index contributed by atoms with van der Waals surface area (Å²) < 4.78 is 5.97. The predicted molar refractivity (Wildman–Crippen MR) is 91.4 cm³/mol. The van der Waals surface area contributed by atoms with Crippen LogP contribution in [0, 0.1) is 5.92 Å². The minimum atomic E-state index is -0.489. The van der Waals surface area contributed by atoms with Crippen LogP contribution in [-0.2, 0) is 20.9 Å². The molecule has 1 amide bonds. The highest BCUT2D eigenvalue weighted by Gasteiger charge is 2.46. The molecule has 1 unspecified atom stereocenters. The molecule has 2 saturated heterocycles. The van der Waals surface area contributed by atoms with Crippen molar-refractivity contribution in [2.45, 2.75) is 51.5 Å². The second-order valence-corrected chi connectivity index (χ2v) is 7.13. The fourth-order valence-electron chi connectivity index (χ4n) is 3.61. The first kappa shape index (κ1) is 17.1. The monoisotopic (exact) mass is 330 g/mol. The zero-order valence-corrected chi connectivity index (χ0v) is 14.4. The molecule has 0 bridgehead atoms. The van der Waals surface area contributed by atoms with E-state index in [1.54, 1.807) is 4.90 Å². The van der Waals surface area contributed by atoms with Crippen molar-refractivity contribution in [3.05, 3.63) is 35.9 Å². The van der Waals surface area contributed by atoms with Crippen molar-refractivity contribution in [3.63, 3.8) is 0 Å². The summed E-state index contributed by atoms with van der Waals surface area (Å²) in [5.41, 5.74) is 1.05. The number of carbonyl (C=O) groups excluding carboxylic acids is 2. The highest BCUT2D eigenvalue weighted by Crippen LogP contribution is 2.25. The van der Waals surface area contributed by atoms with E-state index < -0.39 is 6.10 Å². The summed E-state index contributed by atoms with van der Waals surface area (Å²) in [6, 6.07) is 9.70. The van der Waals surface area contributed by atoms with Gasteiger partial charge in [0.25, 0.3) is 5.91 Å². The zero-order valence-electron chi connectivity index (χ0n) is 14.4. The third-order valence-corrected chi connectivity index (χ3v) is 4.80. The van der Waals surface area contributed by atoms with Gasteiger partial charge in [0, 0.05) is 12.6 Å². The first-order chi connectivity index (χ1) is 11.6. The summed E-state index contributed by atoms with van der Waals surface area (Å²) in [6.45, 7) is 5.59. The van der Waals surface area contributed by atoms with E-state index >= 15 is 0 Å². The zero-order chi connectivity index (χ0) is 17.1. The Morgan fingerprint density at radius 2 is 2.08 bits per heavy atom. The average Bonchev–Trinajstić information content (AvgIpc) is 3.15.